The maximum absolute atomic E-state index is 11.8. The number of carbonyl (C=O) groups excluding carboxylic acids is 2. The third-order valence-corrected chi connectivity index (χ3v) is 3.67. The predicted molar refractivity (Wildman–Crippen MR) is 97.7 cm³/mol. The van der Waals surface area contributed by atoms with Gasteiger partial charge in [0.2, 0.25) is 0 Å². The summed E-state index contributed by atoms with van der Waals surface area (Å²) in [5, 5.41) is 1.28. The van der Waals surface area contributed by atoms with Crippen molar-refractivity contribution >= 4 is 23.1 Å². The third kappa shape index (κ3) is 5.65. The predicted octanol–water partition coefficient (Wildman–Crippen LogP) is 5.47. The molecule has 0 fully saturated rings. The van der Waals surface area contributed by atoms with Crippen LogP contribution in [0.2, 0.25) is 0 Å². The SMILES string of the molecule is CCCCOC(=O)Oc1ccc(OC(=O)OCCCC)c2ccccc12. The maximum Gasteiger partial charge on any atom is 0.513 e. The van der Waals surface area contributed by atoms with Gasteiger partial charge in [0.25, 0.3) is 0 Å². The van der Waals surface area contributed by atoms with Crippen molar-refractivity contribution in [3.63, 3.8) is 0 Å². The van der Waals surface area contributed by atoms with E-state index in [2.05, 4.69) is 0 Å². The van der Waals surface area contributed by atoms with Gasteiger partial charge in [-0.3, -0.25) is 0 Å². The van der Waals surface area contributed by atoms with Gasteiger partial charge in [-0.15, -0.1) is 0 Å². The molecule has 0 aliphatic rings. The first-order valence-electron chi connectivity index (χ1n) is 8.86. The van der Waals surface area contributed by atoms with Gasteiger partial charge in [0, 0.05) is 10.8 Å². The van der Waals surface area contributed by atoms with Crippen LogP contribution in [0.4, 0.5) is 9.59 Å². The van der Waals surface area contributed by atoms with Gasteiger partial charge < -0.3 is 18.9 Å². The zero-order valence-corrected chi connectivity index (χ0v) is 15.2. The fraction of sp³-hybridized carbons (Fsp3) is 0.400. The second-order valence-corrected chi connectivity index (χ2v) is 5.72. The molecule has 140 valence electrons. The van der Waals surface area contributed by atoms with Crippen LogP contribution in [0.3, 0.4) is 0 Å². The molecule has 6 heteroatoms. The van der Waals surface area contributed by atoms with Gasteiger partial charge in [-0.25, -0.2) is 9.59 Å². The molecule has 0 aliphatic carbocycles. The summed E-state index contributed by atoms with van der Waals surface area (Å²) in [6.45, 7) is 4.65. The molecule has 6 nitrogen and oxygen atoms in total. The van der Waals surface area contributed by atoms with E-state index in [0.717, 1.165) is 25.7 Å². The lowest BCUT2D eigenvalue weighted by Crippen LogP contribution is -2.13. The fourth-order valence-corrected chi connectivity index (χ4v) is 2.26. The van der Waals surface area contributed by atoms with Crippen molar-refractivity contribution in [2.75, 3.05) is 13.2 Å². The van der Waals surface area contributed by atoms with Crippen molar-refractivity contribution in [2.45, 2.75) is 39.5 Å². The first-order chi connectivity index (χ1) is 12.7. The van der Waals surface area contributed by atoms with Crippen LogP contribution in [0.5, 0.6) is 11.5 Å². The summed E-state index contributed by atoms with van der Waals surface area (Å²) in [7, 11) is 0. The number of fused-ring (bicyclic) bond motifs is 1. The highest BCUT2D eigenvalue weighted by Crippen LogP contribution is 2.33. The van der Waals surface area contributed by atoms with Crippen LogP contribution in [-0.2, 0) is 9.47 Å². The molecule has 0 aliphatic heterocycles. The Kier molecular flexibility index (Phi) is 7.74. The molecule has 0 radical (unpaired) electrons. The van der Waals surface area contributed by atoms with E-state index in [4.69, 9.17) is 18.9 Å². The summed E-state index contributed by atoms with van der Waals surface area (Å²) >= 11 is 0. The largest absolute Gasteiger partial charge is 0.513 e. The van der Waals surface area contributed by atoms with Crippen molar-refractivity contribution in [3.05, 3.63) is 36.4 Å². The molecule has 0 saturated carbocycles. The Labute approximate surface area is 153 Å². The minimum atomic E-state index is -0.753. The number of benzene rings is 2. The Bertz CT molecular complexity index is 678. The van der Waals surface area contributed by atoms with Gasteiger partial charge >= 0.3 is 12.3 Å². The van der Waals surface area contributed by atoms with Crippen LogP contribution in [0.25, 0.3) is 10.8 Å². The Morgan fingerprint density at radius 1 is 0.731 bits per heavy atom. The zero-order chi connectivity index (χ0) is 18.8. The van der Waals surface area contributed by atoms with Crippen LogP contribution in [0, 0.1) is 0 Å². The van der Waals surface area contributed by atoms with Gasteiger partial charge in [-0.2, -0.15) is 0 Å². The minimum Gasteiger partial charge on any atom is -0.434 e. The molecule has 0 N–H and O–H groups in total. The van der Waals surface area contributed by atoms with Crippen molar-refractivity contribution in [1.82, 2.24) is 0 Å². The topological polar surface area (TPSA) is 71.1 Å². The number of hydrogen-bond donors (Lipinski definition) is 0. The molecule has 2 rings (SSSR count). The molecule has 2 aromatic rings. The fourth-order valence-electron chi connectivity index (χ4n) is 2.26. The van der Waals surface area contributed by atoms with E-state index in [9.17, 15) is 9.59 Å². The normalized spacial score (nSPS) is 10.4. The van der Waals surface area contributed by atoms with E-state index < -0.39 is 12.3 Å². The van der Waals surface area contributed by atoms with Crippen molar-refractivity contribution in [3.8, 4) is 11.5 Å². The Hall–Kier alpha value is -2.76. The number of ether oxygens (including phenoxy) is 4. The summed E-state index contributed by atoms with van der Waals surface area (Å²) in [5.41, 5.74) is 0. The average molecular weight is 360 g/mol. The lowest BCUT2D eigenvalue weighted by atomic mass is 10.1. The molecule has 0 aromatic heterocycles. The lowest BCUT2D eigenvalue weighted by molar-refractivity contribution is 0.0963. The van der Waals surface area contributed by atoms with E-state index in [1.54, 1.807) is 36.4 Å². The summed E-state index contributed by atoms with van der Waals surface area (Å²) in [6.07, 6.45) is 1.91. The zero-order valence-electron chi connectivity index (χ0n) is 15.2. The Morgan fingerprint density at radius 3 is 1.54 bits per heavy atom. The standard InChI is InChI=1S/C20H24O6/c1-3-5-13-23-19(21)25-17-11-12-18(16-10-8-7-9-15(16)17)26-20(22)24-14-6-4-2/h7-12H,3-6,13-14H2,1-2H3. The van der Waals surface area contributed by atoms with Crippen LogP contribution < -0.4 is 9.47 Å². The average Bonchev–Trinajstić information content (AvgIpc) is 2.64. The van der Waals surface area contributed by atoms with E-state index in [-0.39, 0.29) is 0 Å². The van der Waals surface area contributed by atoms with Gasteiger partial charge in [0.15, 0.2) is 0 Å². The van der Waals surface area contributed by atoms with E-state index in [0.29, 0.717) is 35.5 Å². The van der Waals surface area contributed by atoms with Crippen molar-refractivity contribution in [1.29, 1.82) is 0 Å². The molecule has 0 amide bonds. The smallest absolute Gasteiger partial charge is 0.434 e. The first-order valence-corrected chi connectivity index (χ1v) is 8.86. The van der Waals surface area contributed by atoms with E-state index in [1.165, 1.54) is 0 Å². The Morgan fingerprint density at radius 2 is 1.15 bits per heavy atom. The number of rotatable bonds is 8. The molecule has 0 heterocycles. The molecule has 0 spiro atoms. The van der Waals surface area contributed by atoms with E-state index in [1.807, 2.05) is 13.8 Å². The highest BCUT2D eigenvalue weighted by atomic mass is 16.7. The Balaban J connectivity index is 2.12. The molecule has 0 saturated heterocycles. The van der Waals surface area contributed by atoms with Crippen LogP contribution in [-0.4, -0.2) is 25.5 Å². The molecule has 0 bridgehead atoms. The summed E-state index contributed by atoms with van der Waals surface area (Å²) in [6, 6.07) is 10.3. The van der Waals surface area contributed by atoms with Gasteiger partial charge in [0.05, 0.1) is 13.2 Å². The van der Waals surface area contributed by atoms with Gasteiger partial charge in [-0.1, -0.05) is 51.0 Å². The van der Waals surface area contributed by atoms with Gasteiger partial charge in [-0.05, 0) is 25.0 Å². The number of hydrogen-bond acceptors (Lipinski definition) is 6. The summed E-state index contributed by atoms with van der Waals surface area (Å²) in [5.74, 6) is 0.683. The van der Waals surface area contributed by atoms with E-state index >= 15 is 0 Å². The monoisotopic (exact) mass is 360 g/mol. The molecule has 26 heavy (non-hydrogen) atoms. The minimum absolute atomic E-state index is 0.318. The molecule has 0 atom stereocenters. The lowest BCUT2D eigenvalue weighted by Gasteiger charge is -2.12. The maximum atomic E-state index is 11.8. The van der Waals surface area contributed by atoms with Gasteiger partial charge in [0.1, 0.15) is 11.5 Å². The van der Waals surface area contributed by atoms with Crippen molar-refractivity contribution in [2.24, 2.45) is 0 Å². The van der Waals surface area contributed by atoms with Crippen LogP contribution in [0.1, 0.15) is 39.5 Å². The summed E-state index contributed by atoms with van der Waals surface area (Å²) < 4.78 is 20.6. The molecule has 2 aromatic carbocycles. The quantitative estimate of drug-likeness (QED) is 0.353. The number of unbranched alkanes of at least 4 members (excludes halogenated alkanes) is 2. The summed E-state index contributed by atoms with van der Waals surface area (Å²) in [4.78, 5) is 23.6. The highest BCUT2D eigenvalue weighted by Gasteiger charge is 2.14. The highest BCUT2D eigenvalue weighted by molar-refractivity contribution is 5.95. The molecular formula is C20H24O6. The second kappa shape index (κ2) is 10.3. The second-order valence-electron chi connectivity index (χ2n) is 5.72. The number of carbonyl (C=O) groups is 2. The molecule has 0 unspecified atom stereocenters. The van der Waals surface area contributed by atoms with Crippen LogP contribution in [0.15, 0.2) is 36.4 Å². The first kappa shape index (κ1) is 19.6. The van der Waals surface area contributed by atoms with Crippen LogP contribution >= 0.6 is 0 Å². The van der Waals surface area contributed by atoms with Crippen molar-refractivity contribution < 1.29 is 28.5 Å². The third-order valence-electron chi connectivity index (χ3n) is 3.67. The molecular weight excluding hydrogens is 336 g/mol.